The van der Waals surface area contributed by atoms with E-state index in [0.717, 1.165) is 83.4 Å². The first kappa shape index (κ1) is 39.7. The van der Waals surface area contributed by atoms with Crippen molar-refractivity contribution >= 4 is 43.6 Å². The molecule has 0 bridgehead atoms. The summed E-state index contributed by atoms with van der Waals surface area (Å²) in [5.74, 6) is 0.611. The number of benzene rings is 9. The molecule has 0 saturated carbocycles. The largest absolute Gasteiger partial charge is 0.309 e. The fourth-order valence-corrected chi connectivity index (χ4v) is 9.70. The number of aromatic nitrogens is 4. The normalized spacial score (nSPS) is 11.2. The summed E-state index contributed by atoms with van der Waals surface area (Å²) in [4.78, 5) is 10.6. The lowest BCUT2D eigenvalue weighted by Gasteiger charge is -2.16. The van der Waals surface area contributed by atoms with Gasteiger partial charge in [0.2, 0.25) is 0 Å². The minimum Gasteiger partial charge on any atom is -0.309 e. The van der Waals surface area contributed by atoms with Gasteiger partial charge in [-0.3, -0.25) is 0 Å². The second-order valence-electron chi connectivity index (χ2n) is 16.7. The van der Waals surface area contributed by atoms with E-state index in [9.17, 15) is 15.8 Å². The molecule has 0 amide bonds. The fourth-order valence-electron chi connectivity index (χ4n) is 9.70. The van der Waals surface area contributed by atoms with Gasteiger partial charge in [0.15, 0.2) is 5.82 Å². The van der Waals surface area contributed by atoms with Crippen LogP contribution in [0.25, 0.3) is 111 Å². The lowest BCUT2D eigenvalue weighted by molar-refractivity contribution is 1.16. The van der Waals surface area contributed by atoms with Crippen LogP contribution in [0.1, 0.15) is 16.7 Å². The van der Waals surface area contributed by atoms with Gasteiger partial charge < -0.3 is 9.13 Å². The molecule has 0 saturated heterocycles. The minimum atomic E-state index is 0.358. The van der Waals surface area contributed by atoms with Gasteiger partial charge in [0.25, 0.3) is 0 Å². The Kier molecular flexibility index (Phi) is 9.51. The van der Waals surface area contributed by atoms with Crippen molar-refractivity contribution < 1.29 is 0 Å². The van der Waals surface area contributed by atoms with Crippen molar-refractivity contribution in [2.75, 3.05) is 0 Å². The molecule has 0 aliphatic rings. The van der Waals surface area contributed by atoms with E-state index in [1.165, 1.54) is 10.8 Å². The molecule has 314 valence electrons. The highest BCUT2D eigenvalue weighted by atomic mass is 15.0. The molecule has 0 spiro atoms. The van der Waals surface area contributed by atoms with Crippen LogP contribution in [0.15, 0.2) is 212 Å². The second-order valence-corrected chi connectivity index (χ2v) is 16.7. The van der Waals surface area contributed by atoms with Crippen molar-refractivity contribution in [3.8, 4) is 85.7 Å². The Morgan fingerprint density at radius 2 is 0.868 bits per heavy atom. The summed E-state index contributed by atoms with van der Waals surface area (Å²) >= 11 is 0. The number of para-hydroxylation sites is 3. The van der Waals surface area contributed by atoms with Crippen molar-refractivity contribution in [1.29, 1.82) is 15.8 Å². The molecule has 0 unspecified atom stereocenters. The second kappa shape index (κ2) is 16.3. The highest BCUT2D eigenvalue weighted by molar-refractivity contribution is 6.12. The number of rotatable bonds is 7. The van der Waals surface area contributed by atoms with Crippen LogP contribution in [0, 0.1) is 34.0 Å². The first-order chi connectivity index (χ1) is 33.6. The summed E-state index contributed by atoms with van der Waals surface area (Å²) in [6.45, 7) is 0. The topological polar surface area (TPSA) is 107 Å². The van der Waals surface area contributed by atoms with Crippen LogP contribution >= 0.6 is 0 Å². The Hall–Kier alpha value is -9.87. The highest BCUT2D eigenvalue weighted by Crippen LogP contribution is 2.41. The van der Waals surface area contributed by atoms with Gasteiger partial charge in [0, 0.05) is 55.0 Å². The average Bonchev–Trinajstić information content (AvgIpc) is 3.93. The summed E-state index contributed by atoms with van der Waals surface area (Å²) in [5, 5.41) is 34.4. The maximum Gasteiger partial charge on any atom is 0.160 e. The molecule has 3 heterocycles. The van der Waals surface area contributed by atoms with E-state index in [2.05, 4.69) is 161 Å². The zero-order chi connectivity index (χ0) is 45.7. The number of nitrogens with zero attached hydrogens (tertiary/aromatic N) is 7. The van der Waals surface area contributed by atoms with Gasteiger partial charge in [0.1, 0.15) is 0 Å². The fraction of sp³-hybridized carbons (Fsp3) is 0. The van der Waals surface area contributed by atoms with Crippen LogP contribution in [0.2, 0.25) is 0 Å². The Bertz CT molecular complexity index is 4010. The van der Waals surface area contributed by atoms with Gasteiger partial charge in [0.05, 0.1) is 74.0 Å². The number of fused-ring (bicyclic) bond motifs is 6. The van der Waals surface area contributed by atoms with E-state index in [0.29, 0.717) is 33.6 Å². The van der Waals surface area contributed by atoms with Crippen molar-refractivity contribution in [2.24, 2.45) is 0 Å². The van der Waals surface area contributed by atoms with Crippen molar-refractivity contribution in [1.82, 2.24) is 19.1 Å². The lowest BCUT2D eigenvalue weighted by atomic mass is 9.95. The van der Waals surface area contributed by atoms with Gasteiger partial charge in [-0.05, 0) is 96.1 Å². The predicted molar refractivity (Wildman–Crippen MR) is 272 cm³/mol. The molecule has 0 N–H and O–H groups in total. The van der Waals surface area contributed by atoms with Gasteiger partial charge in [-0.15, -0.1) is 0 Å². The smallest absolute Gasteiger partial charge is 0.160 e. The molecule has 9 aromatic carbocycles. The maximum absolute atomic E-state index is 10.3. The molecule has 0 atom stereocenters. The summed E-state index contributed by atoms with van der Waals surface area (Å²) in [6.07, 6.45) is 0. The number of nitriles is 3. The molecule has 12 aromatic rings. The number of hydrogen-bond acceptors (Lipinski definition) is 5. The molecule has 3 aromatic heterocycles. The lowest BCUT2D eigenvalue weighted by Crippen LogP contribution is -2.00. The summed E-state index contributed by atoms with van der Waals surface area (Å²) < 4.78 is 4.55. The molecule has 7 nitrogen and oxygen atoms in total. The Balaban J connectivity index is 1.11. The zero-order valence-electron chi connectivity index (χ0n) is 36.3. The van der Waals surface area contributed by atoms with Gasteiger partial charge >= 0.3 is 0 Å². The monoisotopic (exact) mass is 865 g/mol. The third-order valence-corrected chi connectivity index (χ3v) is 12.8. The summed E-state index contributed by atoms with van der Waals surface area (Å²) in [6, 6.07) is 78.6. The average molecular weight is 866 g/mol. The van der Waals surface area contributed by atoms with Crippen molar-refractivity contribution in [3.63, 3.8) is 0 Å². The van der Waals surface area contributed by atoms with Crippen LogP contribution < -0.4 is 0 Å². The standard InChI is InChI=1S/C61H35N7/c62-36-39-23-26-48(46(29-39)38-64)52-30-40(37-63)24-27-59(52)68-58-22-12-9-19-51(58)53-34-43(25-28-60(53)68)44-31-45(33-47(32-44)67-56-20-10-7-17-49(56)50-18-8-11-21-57(50)67)61-65-54(41-13-3-1-4-14-41)35-55(66-61)42-15-5-2-6-16-42/h1-35H. The quantitative estimate of drug-likeness (QED) is 0.159. The van der Waals surface area contributed by atoms with E-state index in [1.807, 2.05) is 60.7 Å². The minimum absolute atomic E-state index is 0.358. The van der Waals surface area contributed by atoms with Crippen molar-refractivity contribution in [3.05, 3.63) is 229 Å². The number of hydrogen-bond donors (Lipinski definition) is 0. The Morgan fingerprint density at radius 1 is 0.338 bits per heavy atom. The predicted octanol–water partition coefficient (Wildman–Crippen LogP) is 14.6. The molecule has 0 aliphatic carbocycles. The molecular weight excluding hydrogens is 831 g/mol. The van der Waals surface area contributed by atoms with E-state index >= 15 is 0 Å². The molecule has 0 fully saturated rings. The van der Waals surface area contributed by atoms with Crippen LogP contribution in [0.5, 0.6) is 0 Å². The van der Waals surface area contributed by atoms with Gasteiger partial charge in [-0.1, -0.05) is 127 Å². The maximum atomic E-state index is 10.3. The molecule has 68 heavy (non-hydrogen) atoms. The first-order valence-electron chi connectivity index (χ1n) is 22.2. The highest BCUT2D eigenvalue weighted by Gasteiger charge is 2.21. The molecule has 7 heteroatoms. The molecular formula is C61H35N7. The first-order valence-corrected chi connectivity index (χ1v) is 22.2. The van der Waals surface area contributed by atoms with E-state index in [-0.39, 0.29) is 0 Å². The summed E-state index contributed by atoms with van der Waals surface area (Å²) in [7, 11) is 0. The third kappa shape index (κ3) is 6.65. The van der Waals surface area contributed by atoms with Crippen LogP contribution in [-0.2, 0) is 0 Å². The zero-order valence-corrected chi connectivity index (χ0v) is 36.3. The molecule has 0 aliphatic heterocycles. The third-order valence-electron chi connectivity index (χ3n) is 12.8. The molecule has 12 rings (SSSR count). The van der Waals surface area contributed by atoms with Crippen LogP contribution in [0.3, 0.4) is 0 Å². The van der Waals surface area contributed by atoms with Crippen LogP contribution in [0.4, 0.5) is 0 Å². The SMILES string of the molecule is N#Cc1ccc(-c2cc(C#N)ccc2-n2c3ccccc3c3cc(-c4cc(-c5nc(-c6ccccc6)cc(-c6ccccc6)n5)cc(-n5c6ccccc6c6ccccc65)c4)ccc32)c(C#N)c1. The van der Waals surface area contributed by atoms with Gasteiger partial charge in [-0.25, -0.2) is 9.97 Å². The molecule has 0 radical (unpaired) electrons. The van der Waals surface area contributed by atoms with E-state index in [4.69, 9.17) is 9.97 Å². The Labute approximate surface area is 391 Å². The van der Waals surface area contributed by atoms with E-state index in [1.54, 1.807) is 18.2 Å². The van der Waals surface area contributed by atoms with E-state index < -0.39 is 0 Å². The van der Waals surface area contributed by atoms with Crippen molar-refractivity contribution in [2.45, 2.75) is 0 Å². The summed E-state index contributed by atoms with van der Waals surface area (Å²) in [5.41, 5.74) is 15.0. The van der Waals surface area contributed by atoms with Crippen LogP contribution in [-0.4, -0.2) is 19.1 Å². The Morgan fingerprint density at radius 3 is 1.49 bits per heavy atom. The van der Waals surface area contributed by atoms with Gasteiger partial charge in [-0.2, -0.15) is 15.8 Å².